The quantitative estimate of drug-likeness (QED) is 0.407. The third-order valence-corrected chi connectivity index (χ3v) is 5.51. The first-order valence-electron chi connectivity index (χ1n) is 11.2. The molecule has 1 aliphatic rings. The van der Waals surface area contributed by atoms with E-state index in [0.717, 1.165) is 11.1 Å². The van der Waals surface area contributed by atoms with E-state index in [1.54, 1.807) is 19.0 Å². The number of aliphatic carboxylic acids is 1. The van der Waals surface area contributed by atoms with Crippen LogP contribution in [0.3, 0.4) is 0 Å². The molecule has 0 unspecified atom stereocenters. The van der Waals surface area contributed by atoms with E-state index in [-0.39, 0.29) is 45.2 Å². The van der Waals surface area contributed by atoms with Crippen molar-refractivity contribution in [2.24, 2.45) is 0 Å². The van der Waals surface area contributed by atoms with Crippen LogP contribution >= 0.6 is 0 Å². The zero-order valence-corrected chi connectivity index (χ0v) is 19.5. The molecular formula is C25H31N3O6. The van der Waals surface area contributed by atoms with Gasteiger partial charge in [0, 0.05) is 25.4 Å². The fourth-order valence-electron chi connectivity index (χ4n) is 3.96. The minimum atomic E-state index is -1.09. The summed E-state index contributed by atoms with van der Waals surface area (Å²) in [5, 5.41) is 14.3. The highest BCUT2D eigenvalue weighted by atomic mass is 16.5. The van der Waals surface area contributed by atoms with Crippen LogP contribution in [0.2, 0.25) is 0 Å². The molecule has 9 nitrogen and oxygen atoms in total. The van der Waals surface area contributed by atoms with Gasteiger partial charge in [0.2, 0.25) is 5.91 Å². The van der Waals surface area contributed by atoms with Gasteiger partial charge >= 0.3 is 12.1 Å². The van der Waals surface area contributed by atoms with Crippen LogP contribution in [0.4, 0.5) is 4.79 Å². The molecule has 34 heavy (non-hydrogen) atoms. The number of ether oxygens (including phenoxy) is 2. The minimum Gasteiger partial charge on any atom is -0.480 e. The fourth-order valence-corrected chi connectivity index (χ4v) is 3.96. The molecule has 9 heteroatoms. The second kappa shape index (κ2) is 12.2. The molecule has 2 aromatic carbocycles. The van der Waals surface area contributed by atoms with Crippen LogP contribution in [0.5, 0.6) is 0 Å². The number of benzene rings is 2. The number of alkyl carbamates (subject to hydrolysis) is 1. The number of likely N-dealkylation sites (N-methyl/N-ethyl adjacent to an activating group) is 1. The molecule has 0 fully saturated rings. The molecule has 0 bridgehead atoms. The van der Waals surface area contributed by atoms with Gasteiger partial charge in [-0.05, 0) is 36.3 Å². The number of hydrogen-bond donors (Lipinski definition) is 3. The van der Waals surface area contributed by atoms with Gasteiger partial charge in [0.25, 0.3) is 0 Å². The van der Waals surface area contributed by atoms with Crippen molar-refractivity contribution in [3.05, 3.63) is 59.7 Å². The number of fused-ring (bicyclic) bond motifs is 3. The van der Waals surface area contributed by atoms with Crippen molar-refractivity contribution in [1.82, 2.24) is 15.5 Å². The zero-order valence-electron chi connectivity index (χ0n) is 19.5. The summed E-state index contributed by atoms with van der Waals surface area (Å²) >= 11 is 0. The van der Waals surface area contributed by atoms with Crippen molar-refractivity contribution in [1.29, 1.82) is 0 Å². The average Bonchev–Trinajstić information content (AvgIpc) is 3.13. The van der Waals surface area contributed by atoms with E-state index in [1.807, 2.05) is 24.3 Å². The summed E-state index contributed by atoms with van der Waals surface area (Å²) in [7, 11) is 3.46. The summed E-state index contributed by atoms with van der Waals surface area (Å²) in [5.41, 5.74) is 4.63. The van der Waals surface area contributed by atoms with Crippen LogP contribution in [0.25, 0.3) is 11.1 Å². The summed E-state index contributed by atoms with van der Waals surface area (Å²) in [6.45, 7) is 0.991. The lowest BCUT2D eigenvalue weighted by Gasteiger charge is -2.18. The molecule has 3 rings (SSSR count). The summed E-state index contributed by atoms with van der Waals surface area (Å²) in [6, 6.07) is 15.3. The van der Waals surface area contributed by atoms with Crippen molar-refractivity contribution in [3.63, 3.8) is 0 Å². The third kappa shape index (κ3) is 6.79. The summed E-state index contributed by atoms with van der Waals surface area (Å²) < 4.78 is 10.8. The largest absolute Gasteiger partial charge is 0.480 e. The van der Waals surface area contributed by atoms with E-state index in [0.29, 0.717) is 0 Å². The van der Waals surface area contributed by atoms with Crippen molar-refractivity contribution < 1.29 is 29.0 Å². The highest BCUT2D eigenvalue weighted by Gasteiger charge is 2.29. The molecule has 0 spiro atoms. The summed E-state index contributed by atoms with van der Waals surface area (Å²) in [5.74, 6) is -1.50. The summed E-state index contributed by atoms with van der Waals surface area (Å²) in [4.78, 5) is 36.9. The highest BCUT2D eigenvalue weighted by molar-refractivity contribution is 5.83. The van der Waals surface area contributed by atoms with Crippen LogP contribution in [-0.2, 0) is 19.1 Å². The van der Waals surface area contributed by atoms with Crippen LogP contribution < -0.4 is 10.6 Å². The topological polar surface area (TPSA) is 117 Å². The Morgan fingerprint density at radius 3 is 2.21 bits per heavy atom. The number of carboxylic acids is 1. The van der Waals surface area contributed by atoms with Gasteiger partial charge in [0.1, 0.15) is 12.6 Å². The molecule has 0 radical (unpaired) electrons. The van der Waals surface area contributed by atoms with Crippen molar-refractivity contribution in [3.8, 4) is 11.1 Å². The van der Waals surface area contributed by atoms with E-state index >= 15 is 0 Å². The molecule has 1 aliphatic carbocycles. The summed E-state index contributed by atoms with van der Waals surface area (Å²) in [6.07, 6.45) is -0.501. The van der Waals surface area contributed by atoms with Gasteiger partial charge < -0.3 is 30.1 Å². The monoisotopic (exact) mass is 469 g/mol. The molecule has 0 saturated heterocycles. The van der Waals surface area contributed by atoms with Gasteiger partial charge in [0.05, 0.1) is 13.2 Å². The number of carbonyl (C=O) groups excluding carboxylic acids is 2. The van der Waals surface area contributed by atoms with Crippen LogP contribution in [0.1, 0.15) is 23.5 Å². The van der Waals surface area contributed by atoms with E-state index in [2.05, 4.69) is 34.9 Å². The van der Waals surface area contributed by atoms with Crippen LogP contribution in [0, 0.1) is 0 Å². The predicted octanol–water partition coefficient (Wildman–Crippen LogP) is 2.06. The number of carboxylic acid groups (broad SMARTS) is 1. The third-order valence-electron chi connectivity index (χ3n) is 5.51. The van der Waals surface area contributed by atoms with Crippen molar-refractivity contribution >= 4 is 18.0 Å². The maximum Gasteiger partial charge on any atom is 0.407 e. The Hall–Kier alpha value is -3.43. The lowest BCUT2D eigenvalue weighted by atomic mass is 9.98. The molecule has 3 N–H and O–H groups in total. The lowest BCUT2D eigenvalue weighted by molar-refractivity contribution is -0.142. The molecule has 2 aromatic rings. The first-order chi connectivity index (χ1) is 16.4. The van der Waals surface area contributed by atoms with Gasteiger partial charge in [-0.25, -0.2) is 9.59 Å². The molecular weight excluding hydrogens is 438 g/mol. The number of nitrogens with one attached hydrogen (secondary N) is 2. The normalized spacial score (nSPS) is 13.1. The van der Waals surface area contributed by atoms with E-state index < -0.39 is 24.0 Å². The molecule has 0 aromatic heterocycles. The molecule has 0 aliphatic heterocycles. The number of carbonyl (C=O) groups is 3. The average molecular weight is 470 g/mol. The van der Waals surface area contributed by atoms with Crippen LogP contribution in [-0.4, -0.2) is 81.0 Å². The number of hydrogen-bond acceptors (Lipinski definition) is 6. The Bertz CT molecular complexity index is 964. The Balaban J connectivity index is 1.33. The zero-order chi connectivity index (χ0) is 24.5. The molecule has 0 saturated carbocycles. The first kappa shape index (κ1) is 25.2. The lowest BCUT2D eigenvalue weighted by Crippen LogP contribution is -2.47. The second-order valence-corrected chi connectivity index (χ2v) is 8.34. The first-order valence-corrected chi connectivity index (χ1v) is 11.2. The van der Waals surface area contributed by atoms with Gasteiger partial charge in [-0.15, -0.1) is 0 Å². The molecule has 182 valence electrons. The predicted molar refractivity (Wildman–Crippen MR) is 127 cm³/mol. The Morgan fingerprint density at radius 1 is 1.00 bits per heavy atom. The van der Waals surface area contributed by atoms with Gasteiger partial charge in [-0.1, -0.05) is 48.5 Å². The SMILES string of the molecule is CN(C)C[C@H](NC(=O)CCOCCNC(=O)OCC1c2ccccc2-c2ccccc21)C(=O)O. The van der Waals surface area contributed by atoms with Crippen LogP contribution in [0.15, 0.2) is 48.5 Å². The van der Waals surface area contributed by atoms with E-state index in [9.17, 15) is 14.4 Å². The fraction of sp³-hybridized carbons (Fsp3) is 0.400. The Labute approximate surface area is 199 Å². The maximum atomic E-state index is 12.1. The van der Waals surface area contributed by atoms with Gasteiger partial charge in [-0.3, -0.25) is 4.79 Å². The highest BCUT2D eigenvalue weighted by Crippen LogP contribution is 2.44. The molecule has 2 amide bonds. The number of amides is 2. The molecule has 1 atom stereocenters. The molecule has 0 heterocycles. The Morgan fingerprint density at radius 2 is 1.62 bits per heavy atom. The van der Waals surface area contributed by atoms with Crippen molar-refractivity contribution in [2.45, 2.75) is 18.4 Å². The number of nitrogens with zero attached hydrogens (tertiary/aromatic N) is 1. The second-order valence-electron chi connectivity index (χ2n) is 8.34. The Kier molecular flexibility index (Phi) is 9.00. The standard InChI is InChI=1S/C25H31N3O6/c1-28(2)15-22(24(30)31)27-23(29)11-13-33-14-12-26-25(32)34-16-21-19-9-5-3-7-17(19)18-8-4-6-10-20(18)21/h3-10,21-22H,11-16H2,1-2H3,(H,26,32)(H,27,29)(H,30,31)/t22-/m0/s1. The smallest absolute Gasteiger partial charge is 0.407 e. The van der Waals surface area contributed by atoms with E-state index in [1.165, 1.54) is 11.1 Å². The van der Waals surface area contributed by atoms with Gasteiger partial charge in [-0.2, -0.15) is 0 Å². The maximum absolute atomic E-state index is 12.1. The van der Waals surface area contributed by atoms with Crippen molar-refractivity contribution in [2.75, 3.05) is 47.0 Å². The van der Waals surface area contributed by atoms with Gasteiger partial charge in [0.15, 0.2) is 0 Å². The minimum absolute atomic E-state index is 0.00460. The number of rotatable bonds is 12. The van der Waals surface area contributed by atoms with E-state index in [4.69, 9.17) is 14.6 Å².